The third-order valence-corrected chi connectivity index (χ3v) is 4.52. The van der Waals surface area contributed by atoms with Gasteiger partial charge in [-0.05, 0) is 31.4 Å². The Kier molecular flexibility index (Phi) is 4.65. The molecule has 1 aliphatic rings. The van der Waals surface area contributed by atoms with Crippen molar-refractivity contribution in [2.45, 2.75) is 25.8 Å². The number of carbonyl (C=O) groups is 1. The Balaban J connectivity index is 1.64. The number of pyridine rings is 1. The summed E-state index contributed by atoms with van der Waals surface area (Å²) in [6.07, 6.45) is 5.42. The zero-order valence-corrected chi connectivity index (χ0v) is 13.1. The minimum Gasteiger partial charge on any atom is -0.357 e. The SMILES string of the molecule is NCc1nc(C(=O)Nc2ccc(N3CCCCC3)nc2)cs1. The minimum absolute atomic E-state index is 0.233. The van der Waals surface area contributed by atoms with Crippen molar-refractivity contribution in [2.24, 2.45) is 5.73 Å². The average Bonchev–Trinajstić information content (AvgIpc) is 3.06. The van der Waals surface area contributed by atoms with E-state index in [0.717, 1.165) is 23.9 Å². The van der Waals surface area contributed by atoms with Crippen LogP contribution >= 0.6 is 11.3 Å². The van der Waals surface area contributed by atoms with Crippen molar-refractivity contribution in [1.82, 2.24) is 9.97 Å². The molecule has 0 saturated carbocycles. The number of anilines is 2. The summed E-state index contributed by atoms with van der Waals surface area (Å²) in [4.78, 5) is 23.0. The van der Waals surface area contributed by atoms with E-state index in [4.69, 9.17) is 5.73 Å². The van der Waals surface area contributed by atoms with E-state index >= 15 is 0 Å². The number of carbonyl (C=O) groups excluding carboxylic acids is 1. The van der Waals surface area contributed by atoms with E-state index in [0.29, 0.717) is 17.9 Å². The first-order chi connectivity index (χ1) is 10.8. The van der Waals surface area contributed by atoms with Gasteiger partial charge in [-0.2, -0.15) is 0 Å². The van der Waals surface area contributed by atoms with Crippen LogP contribution < -0.4 is 16.0 Å². The molecular formula is C15H19N5OS. The fourth-order valence-corrected chi connectivity index (χ4v) is 3.13. The smallest absolute Gasteiger partial charge is 0.275 e. The molecule has 1 amide bonds. The van der Waals surface area contributed by atoms with Gasteiger partial charge in [-0.3, -0.25) is 4.79 Å². The molecule has 3 rings (SSSR count). The molecule has 1 fully saturated rings. The predicted octanol–water partition coefficient (Wildman–Crippen LogP) is 2.24. The van der Waals surface area contributed by atoms with E-state index in [9.17, 15) is 4.79 Å². The third-order valence-electron chi connectivity index (χ3n) is 3.64. The maximum atomic E-state index is 12.1. The van der Waals surface area contributed by atoms with E-state index in [1.165, 1.54) is 30.6 Å². The van der Waals surface area contributed by atoms with E-state index in [1.54, 1.807) is 11.6 Å². The lowest BCUT2D eigenvalue weighted by molar-refractivity contribution is 0.102. The number of aromatic nitrogens is 2. The monoisotopic (exact) mass is 317 g/mol. The molecule has 3 heterocycles. The van der Waals surface area contributed by atoms with Crippen LogP contribution in [0.25, 0.3) is 0 Å². The van der Waals surface area contributed by atoms with Crippen LogP contribution in [0.5, 0.6) is 0 Å². The molecule has 0 radical (unpaired) electrons. The zero-order chi connectivity index (χ0) is 15.4. The number of rotatable bonds is 4. The number of amides is 1. The summed E-state index contributed by atoms with van der Waals surface area (Å²) in [5, 5.41) is 5.28. The number of thiazole rings is 1. The molecule has 2 aromatic rings. The Bertz CT molecular complexity index is 634. The summed E-state index contributed by atoms with van der Waals surface area (Å²) in [6, 6.07) is 3.83. The molecule has 1 saturated heterocycles. The molecule has 0 aromatic carbocycles. The number of nitrogens with zero attached hydrogens (tertiary/aromatic N) is 3. The predicted molar refractivity (Wildman–Crippen MR) is 88.3 cm³/mol. The lowest BCUT2D eigenvalue weighted by Crippen LogP contribution is -2.30. The Morgan fingerprint density at radius 1 is 1.32 bits per heavy atom. The van der Waals surface area contributed by atoms with Crippen LogP contribution in [-0.2, 0) is 6.54 Å². The molecule has 1 aliphatic heterocycles. The van der Waals surface area contributed by atoms with Crippen molar-refractivity contribution in [3.05, 3.63) is 34.4 Å². The molecule has 0 atom stereocenters. The van der Waals surface area contributed by atoms with Gasteiger partial charge >= 0.3 is 0 Å². The van der Waals surface area contributed by atoms with E-state index in [2.05, 4.69) is 20.2 Å². The molecule has 0 unspecified atom stereocenters. The molecule has 2 aromatic heterocycles. The largest absolute Gasteiger partial charge is 0.357 e. The lowest BCUT2D eigenvalue weighted by atomic mass is 10.1. The summed E-state index contributed by atoms with van der Waals surface area (Å²) in [6.45, 7) is 2.46. The highest BCUT2D eigenvalue weighted by atomic mass is 32.1. The van der Waals surface area contributed by atoms with Crippen LogP contribution in [0.1, 0.15) is 34.8 Å². The first kappa shape index (κ1) is 14.9. The van der Waals surface area contributed by atoms with Crippen molar-refractivity contribution in [2.75, 3.05) is 23.3 Å². The van der Waals surface area contributed by atoms with Crippen LogP contribution in [0, 0.1) is 0 Å². The van der Waals surface area contributed by atoms with Crippen molar-refractivity contribution in [3.63, 3.8) is 0 Å². The summed E-state index contributed by atoms with van der Waals surface area (Å²) in [5.74, 6) is 0.736. The van der Waals surface area contributed by atoms with E-state index in [-0.39, 0.29) is 5.91 Å². The van der Waals surface area contributed by atoms with E-state index in [1.807, 2.05) is 12.1 Å². The van der Waals surface area contributed by atoms with E-state index < -0.39 is 0 Å². The van der Waals surface area contributed by atoms with Crippen molar-refractivity contribution in [1.29, 1.82) is 0 Å². The second-order valence-electron chi connectivity index (χ2n) is 5.24. The fourth-order valence-electron chi connectivity index (χ4n) is 2.47. The molecule has 116 valence electrons. The fraction of sp³-hybridized carbons (Fsp3) is 0.400. The summed E-state index contributed by atoms with van der Waals surface area (Å²) >= 11 is 1.39. The van der Waals surface area contributed by atoms with Crippen molar-refractivity contribution < 1.29 is 4.79 Å². The maximum Gasteiger partial charge on any atom is 0.275 e. The van der Waals surface area contributed by atoms with Gasteiger partial charge in [0, 0.05) is 25.0 Å². The van der Waals surface area contributed by atoms with Gasteiger partial charge in [0.1, 0.15) is 16.5 Å². The van der Waals surface area contributed by atoms with Gasteiger partial charge in [-0.25, -0.2) is 9.97 Å². The van der Waals surface area contributed by atoms with Gasteiger partial charge in [0.05, 0.1) is 11.9 Å². The number of hydrogen-bond acceptors (Lipinski definition) is 6. The first-order valence-electron chi connectivity index (χ1n) is 7.43. The number of piperidine rings is 1. The lowest BCUT2D eigenvalue weighted by Gasteiger charge is -2.27. The molecule has 3 N–H and O–H groups in total. The van der Waals surface area contributed by atoms with Crippen LogP contribution in [0.3, 0.4) is 0 Å². The summed E-state index contributed by atoms with van der Waals surface area (Å²) in [7, 11) is 0. The highest BCUT2D eigenvalue weighted by molar-refractivity contribution is 7.09. The highest BCUT2D eigenvalue weighted by Gasteiger charge is 2.13. The molecule has 22 heavy (non-hydrogen) atoms. The van der Waals surface area contributed by atoms with Gasteiger partial charge in [0.25, 0.3) is 5.91 Å². The van der Waals surface area contributed by atoms with Crippen LogP contribution in [0.4, 0.5) is 11.5 Å². The van der Waals surface area contributed by atoms with Crippen LogP contribution in [0.2, 0.25) is 0 Å². The second kappa shape index (κ2) is 6.85. The quantitative estimate of drug-likeness (QED) is 0.903. The number of hydrogen-bond donors (Lipinski definition) is 2. The second-order valence-corrected chi connectivity index (χ2v) is 6.18. The topological polar surface area (TPSA) is 84.1 Å². The Hall–Kier alpha value is -1.99. The normalized spacial score (nSPS) is 14.9. The molecule has 0 spiro atoms. The molecular weight excluding hydrogens is 298 g/mol. The highest BCUT2D eigenvalue weighted by Crippen LogP contribution is 2.19. The van der Waals surface area contributed by atoms with Crippen LogP contribution in [-0.4, -0.2) is 29.0 Å². The summed E-state index contributed by atoms with van der Waals surface area (Å²) < 4.78 is 0. The molecule has 7 heteroatoms. The van der Waals surface area contributed by atoms with Crippen LogP contribution in [0.15, 0.2) is 23.7 Å². The summed E-state index contributed by atoms with van der Waals surface area (Å²) in [5.41, 5.74) is 6.57. The first-order valence-corrected chi connectivity index (χ1v) is 8.31. The molecule has 6 nitrogen and oxygen atoms in total. The maximum absolute atomic E-state index is 12.1. The zero-order valence-electron chi connectivity index (χ0n) is 12.3. The van der Waals surface area contributed by atoms with Crippen molar-refractivity contribution in [3.8, 4) is 0 Å². The Labute approximate surface area is 133 Å². The van der Waals surface area contributed by atoms with Gasteiger partial charge in [0.15, 0.2) is 0 Å². The van der Waals surface area contributed by atoms with Gasteiger partial charge in [-0.1, -0.05) is 0 Å². The van der Waals surface area contributed by atoms with Gasteiger partial charge in [0.2, 0.25) is 0 Å². The third kappa shape index (κ3) is 3.42. The number of nitrogens with two attached hydrogens (primary N) is 1. The minimum atomic E-state index is -0.233. The Morgan fingerprint density at radius 2 is 2.14 bits per heavy atom. The van der Waals surface area contributed by atoms with Gasteiger partial charge in [-0.15, -0.1) is 11.3 Å². The average molecular weight is 317 g/mol. The number of nitrogens with one attached hydrogen (secondary N) is 1. The molecule has 0 aliphatic carbocycles. The standard InChI is InChI=1S/C15H19N5OS/c16-8-14-19-12(10-22-14)15(21)18-11-4-5-13(17-9-11)20-6-2-1-3-7-20/h4-5,9-10H,1-3,6-8,16H2,(H,18,21). The molecule has 0 bridgehead atoms. The van der Waals surface area contributed by atoms with Gasteiger partial charge < -0.3 is 16.0 Å². The Morgan fingerprint density at radius 3 is 2.77 bits per heavy atom. The van der Waals surface area contributed by atoms with Crippen molar-refractivity contribution >= 4 is 28.7 Å².